The van der Waals surface area contributed by atoms with Gasteiger partial charge in [0.15, 0.2) is 0 Å². The highest BCUT2D eigenvalue weighted by atomic mass is 16.2. The first-order valence-electron chi connectivity index (χ1n) is 10.7. The lowest BCUT2D eigenvalue weighted by Gasteiger charge is -2.32. The van der Waals surface area contributed by atoms with Crippen molar-refractivity contribution in [2.45, 2.75) is 31.6 Å². The smallest absolute Gasteiger partial charge is 0.225 e. The van der Waals surface area contributed by atoms with E-state index in [9.17, 15) is 4.79 Å². The second-order valence-electron chi connectivity index (χ2n) is 8.13. The topological polar surface area (TPSA) is 71.0 Å². The molecule has 2 fully saturated rings. The van der Waals surface area contributed by atoms with Gasteiger partial charge in [-0.1, -0.05) is 18.2 Å². The van der Waals surface area contributed by atoms with Crippen LogP contribution in [0.4, 0.5) is 11.5 Å². The summed E-state index contributed by atoms with van der Waals surface area (Å²) < 4.78 is 0. The number of piperidine rings is 1. The normalized spacial score (nSPS) is 18.8. The first-order chi connectivity index (χ1) is 14.8. The summed E-state index contributed by atoms with van der Waals surface area (Å²) in [6, 6.07) is 15.9. The van der Waals surface area contributed by atoms with Gasteiger partial charge in [-0.3, -0.25) is 9.78 Å². The zero-order chi connectivity index (χ0) is 20.3. The minimum absolute atomic E-state index is 0.148. The molecule has 1 saturated carbocycles. The highest BCUT2D eigenvalue weighted by molar-refractivity contribution is 5.81. The first kappa shape index (κ1) is 18.7. The van der Waals surface area contributed by atoms with E-state index >= 15 is 0 Å². The van der Waals surface area contributed by atoms with E-state index in [1.807, 2.05) is 59.6 Å². The van der Waals surface area contributed by atoms with E-state index in [0.717, 1.165) is 60.8 Å². The third-order valence-corrected chi connectivity index (χ3v) is 5.77. The summed E-state index contributed by atoms with van der Waals surface area (Å²) in [7, 11) is 0. The molecule has 1 saturated heterocycles. The van der Waals surface area contributed by atoms with Gasteiger partial charge in [-0.2, -0.15) is 0 Å². The molecule has 6 nitrogen and oxygen atoms in total. The summed E-state index contributed by atoms with van der Waals surface area (Å²) in [5.41, 5.74) is 2.78. The van der Waals surface area contributed by atoms with Crippen molar-refractivity contribution in [3.05, 3.63) is 66.7 Å². The summed E-state index contributed by atoms with van der Waals surface area (Å²) in [4.78, 5) is 28.6. The molecule has 0 spiro atoms. The molecule has 3 heterocycles. The van der Waals surface area contributed by atoms with Crippen molar-refractivity contribution in [2.75, 3.05) is 18.4 Å². The zero-order valence-electron chi connectivity index (χ0n) is 16.9. The number of amides is 1. The van der Waals surface area contributed by atoms with Crippen molar-refractivity contribution < 1.29 is 4.79 Å². The Bertz CT molecular complexity index is 1020. The van der Waals surface area contributed by atoms with Gasteiger partial charge in [-0.05, 0) is 49.9 Å². The number of nitrogens with one attached hydrogen (secondary N) is 1. The number of carbonyl (C=O) groups is 1. The fourth-order valence-corrected chi connectivity index (χ4v) is 4.02. The predicted octanol–water partition coefficient (Wildman–Crippen LogP) is 4.40. The van der Waals surface area contributed by atoms with Crippen molar-refractivity contribution in [2.24, 2.45) is 5.92 Å². The van der Waals surface area contributed by atoms with Crippen LogP contribution in [0.3, 0.4) is 0 Å². The zero-order valence-corrected chi connectivity index (χ0v) is 16.9. The lowest BCUT2D eigenvalue weighted by Crippen LogP contribution is -2.40. The standard InChI is InChI=1S/C24H25N5O/c30-24(17-10-11-17)29-13-5-7-19(16-29)23-27-21(18-6-4-12-25-15-18)14-22(28-23)26-20-8-2-1-3-9-20/h1-4,6,8-9,12,14-15,17,19H,5,7,10-11,13,16H2,(H,26,27,28)/t19-/m0/s1. The molecule has 2 aliphatic rings. The van der Waals surface area contributed by atoms with E-state index in [1.54, 1.807) is 6.20 Å². The van der Waals surface area contributed by atoms with Crippen LogP contribution in [0, 0.1) is 5.92 Å². The van der Waals surface area contributed by atoms with E-state index in [4.69, 9.17) is 9.97 Å². The summed E-state index contributed by atoms with van der Waals surface area (Å²) in [5.74, 6) is 2.26. The second kappa shape index (κ2) is 8.22. The number of hydrogen-bond donors (Lipinski definition) is 1. The lowest BCUT2D eigenvalue weighted by molar-refractivity contribution is -0.133. The van der Waals surface area contributed by atoms with Crippen LogP contribution in [0.5, 0.6) is 0 Å². The van der Waals surface area contributed by atoms with Crippen LogP contribution >= 0.6 is 0 Å². The van der Waals surface area contributed by atoms with Gasteiger partial charge < -0.3 is 10.2 Å². The largest absolute Gasteiger partial charge is 0.342 e. The number of nitrogens with zero attached hydrogens (tertiary/aromatic N) is 4. The molecule has 0 radical (unpaired) electrons. The summed E-state index contributed by atoms with van der Waals surface area (Å²) >= 11 is 0. The quantitative estimate of drug-likeness (QED) is 0.689. The van der Waals surface area contributed by atoms with Crippen LogP contribution < -0.4 is 5.32 Å². The lowest BCUT2D eigenvalue weighted by atomic mass is 9.96. The van der Waals surface area contributed by atoms with Gasteiger partial charge in [0.2, 0.25) is 5.91 Å². The average molecular weight is 399 g/mol. The van der Waals surface area contributed by atoms with Gasteiger partial charge in [-0.15, -0.1) is 0 Å². The highest BCUT2D eigenvalue weighted by Crippen LogP contribution is 2.34. The molecule has 0 unspecified atom stereocenters. The number of likely N-dealkylation sites (tertiary alicyclic amines) is 1. The molecule has 2 aromatic heterocycles. The third-order valence-electron chi connectivity index (χ3n) is 5.77. The number of rotatable bonds is 5. The summed E-state index contributed by atoms with van der Waals surface area (Å²) in [6.45, 7) is 1.56. The number of carbonyl (C=O) groups excluding carboxylic acids is 1. The number of para-hydroxylation sites is 1. The van der Waals surface area contributed by atoms with Crippen LogP contribution in [0.25, 0.3) is 11.3 Å². The van der Waals surface area contributed by atoms with Crippen molar-refractivity contribution in [3.63, 3.8) is 0 Å². The van der Waals surface area contributed by atoms with Crippen LogP contribution in [-0.4, -0.2) is 38.8 Å². The molecule has 1 atom stereocenters. The van der Waals surface area contributed by atoms with Crippen LogP contribution in [0.2, 0.25) is 0 Å². The molecule has 1 aromatic carbocycles. The Balaban J connectivity index is 1.47. The van der Waals surface area contributed by atoms with Crippen molar-refractivity contribution in [1.29, 1.82) is 0 Å². The number of benzene rings is 1. The molecule has 30 heavy (non-hydrogen) atoms. The predicted molar refractivity (Wildman–Crippen MR) is 116 cm³/mol. The van der Waals surface area contributed by atoms with E-state index in [1.165, 1.54) is 0 Å². The van der Waals surface area contributed by atoms with Gasteiger partial charge in [0.1, 0.15) is 11.6 Å². The van der Waals surface area contributed by atoms with Crippen LogP contribution in [0.1, 0.15) is 37.4 Å². The maximum Gasteiger partial charge on any atom is 0.225 e. The summed E-state index contributed by atoms with van der Waals surface area (Å²) in [5, 5.41) is 3.40. The molecular formula is C24H25N5O. The van der Waals surface area contributed by atoms with Gasteiger partial charge >= 0.3 is 0 Å². The Labute approximate surface area is 176 Å². The summed E-state index contributed by atoms with van der Waals surface area (Å²) in [6.07, 6.45) is 7.65. The molecular weight excluding hydrogens is 374 g/mol. The Morgan fingerprint density at radius 3 is 2.67 bits per heavy atom. The molecule has 5 rings (SSSR count). The Morgan fingerprint density at radius 2 is 1.90 bits per heavy atom. The molecule has 1 amide bonds. The minimum atomic E-state index is 0.148. The first-order valence-corrected chi connectivity index (χ1v) is 10.7. The van der Waals surface area contributed by atoms with Gasteiger partial charge in [-0.25, -0.2) is 9.97 Å². The molecule has 0 bridgehead atoms. The van der Waals surface area contributed by atoms with Gasteiger partial charge in [0.25, 0.3) is 0 Å². The van der Waals surface area contributed by atoms with E-state index < -0.39 is 0 Å². The fraction of sp³-hybridized carbons (Fsp3) is 0.333. The average Bonchev–Trinajstić information content (AvgIpc) is 3.65. The number of hydrogen-bond acceptors (Lipinski definition) is 5. The molecule has 152 valence electrons. The Morgan fingerprint density at radius 1 is 1.03 bits per heavy atom. The number of aromatic nitrogens is 3. The highest BCUT2D eigenvalue weighted by Gasteiger charge is 2.36. The maximum absolute atomic E-state index is 12.6. The maximum atomic E-state index is 12.6. The molecule has 1 N–H and O–H groups in total. The molecule has 1 aliphatic heterocycles. The number of anilines is 2. The Hall–Kier alpha value is -3.28. The molecule has 3 aromatic rings. The molecule has 1 aliphatic carbocycles. The van der Waals surface area contributed by atoms with E-state index in [-0.39, 0.29) is 11.8 Å². The number of pyridine rings is 1. The van der Waals surface area contributed by atoms with Crippen LogP contribution in [0.15, 0.2) is 60.9 Å². The van der Waals surface area contributed by atoms with Gasteiger partial charge in [0.05, 0.1) is 5.69 Å². The fourth-order valence-electron chi connectivity index (χ4n) is 4.02. The second-order valence-corrected chi connectivity index (χ2v) is 8.13. The SMILES string of the molecule is O=C(C1CC1)N1CCC[C@H](c2nc(Nc3ccccc3)cc(-c3cccnc3)n2)C1. The van der Waals surface area contributed by atoms with Crippen molar-refractivity contribution in [1.82, 2.24) is 19.9 Å². The van der Waals surface area contributed by atoms with Crippen LogP contribution in [-0.2, 0) is 4.79 Å². The van der Waals surface area contributed by atoms with E-state index in [2.05, 4.69) is 10.3 Å². The van der Waals surface area contributed by atoms with Crippen molar-refractivity contribution in [3.8, 4) is 11.3 Å². The third kappa shape index (κ3) is 4.17. The van der Waals surface area contributed by atoms with E-state index in [0.29, 0.717) is 12.5 Å². The molecule has 6 heteroatoms. The Kier molecular flexibility index (Phi) is 5.13. The minimum Gasteiger partial charge on any atom is -0.342 e. The van der Waals surface area contributed by atoms with Crippen molar-refractivity contribution >= 4 is 17.4 Å². The monoisotopic (exact) mass is 399 g/mol. The van der Waals surface area contributed by atoms with Gasteiger partial charge in [0, 0.05) is 54.6 Å².